The number of hydrogen-bond donors (Lipinski definition) is 1. The minimum atomic E-state index is -1.20. The molecule has 1 amide bonds. The van der Waals surface area contributed by atoms with Crippen LogP contribution in [-0.4, -0.2) is 21.8 Å². The second-order valence-electron chi connectivity index (χ2n) is 7.02. The average Bonchev–Trinajstić information content (AvgIpc) is 3.03. The number of aliphatic hydroxyl groups is 1. The van der Waals surface area contributed by atoms with Crippen LogP contribution < -0.4 is 4.90 Å². The van der Waals surface area contributed by atoms with Crippen LogP contribution in [-0.2, 0) is 9.59 Å². The minimum absolute atomic E-state index is 0.0656. The molecular formula is C23H15F3N2O3. The van der Waals surface area contributed by atoms with Crippen LogP contribution in [0.3, 0.4) is 0 Å². The average molecular weight is 424 g/mol. The molecule has 0 bridgehead atoms. The van der Waals surface area contributed by atoms with Gasteiger partial charge in [-0.2, -0.15) is 0 Å². The molecule has 4 rings (SSSR count). The molecule has 1 N–H and O–H groups in total. The molecule has 5 nitrogen and oxygen atoms in total. The zero-order valence-corrected chi connectivity index (χ0v) is 16.1. The monoisotopic (exact) mass is 424 g/mol. The Kier molecular flexibility index (Phi) is 5.06. The SMILES string of the molecule is Cc1cc(/C(O)=C2\C(=O)C(=O)N(c3ccc(F)c(F)c3)C2c2cccnc2)ccc1F. The molecule has 156 valence electrons. The number of anilines is 1. The number of aromatic nitrogens is 1. The van der Waals surface area contributed by atoms with Gasteiger partial charge in [0.15, 0.2) is 11.6 Å². The van der Waals surface area contributed by atoms with E-state index in [-0.39, 0.29) is 22.4 Å². The Morgan fingerprint density at radius 1 is 1.00 bits per heavy atom. The summed E-state index contributed by atoms with van der Waals surface area (Å²) in [4.78, 5) is 30.8. The normalized spacial score (nSPS) is 17.9. The molecule has 3 aromatic rings. The van der Waals surface area contributed by atoms with E-state index in [0.717, 1.165) is 29.2 Å². The zero-order chi connectivity index (χ0) is 22.3. The summed E-state index contributed by atoms with van der Waals surface area (Å²) in [5.74, 6) is -5.36. The minimum Gasteiger partial charge on any atom is -0.507 e. The van der Waals surface area contributed by atoms with Gasteiger partial charge in [0.1, 0.15) is 11.6 Å². The molecule has 31 heavy (non-hydrogen) atoms. The van der Waals surface area contributed by atoms with Crippen molar-refractivity contribution in [3.8, 4) is 0 Å². The smallest absolute Gasteiger partial charge is 0.300 e. The number of carbonyl (C=O) groups excluding carboxylic acids is 2. The van der Waals surface area contributed by atoms with Gasteiger partial charge >= 0.3 is 0 Å². The van der Waals surface area contributed by atoms with E-state index in [1.165, 1.54) is 31.5 Å². The molecule has 1 unspecified atom stereocenters. The molecule has 1 aliphatic heterocycles. The Morgan fingerprint density at radius 2 is 1.74 bits per heavy atom. The van der Waals surface area contributed by atoms with Crippen molar-refractivity contribution in [3.05, 3.63) is 101 Å². The molecule has 0 radical (unpaired) electrons. The van der Waals surface area contributed by atoms with Crippen molar-refractivity contribution in [1.82, 2.24) is 4.98 Å². The van der Waals surface area contributed by atoms with E-state index in [9.17, 15) is 27.9 Å². The fourth-order valence-electron chi connectivity index (χ4n) is 3.53. The molecule has 1 atom stereocenters. The van der Waals surface area contributed by atoms with Crippen LogP contribution in [0.1, 0.15) is 22.7 Å². The van der Waals surface area contributed by atoms with Crippen molar-refractivity contribution >= 4 is 23.1 Å². The maximum Gasteiger partial charge on any atom is 0.300 e. The number of amides is 1. The first-order valence-electron chi connectivity index (χ1n) is 9.22. The number of aliphatic hydroxyl groups excluding tert-OH is 1. The largest absolute Gasteiger partial charge is 0.507 e. The highest BCUT2D eigenvalue weighted by Crippen LogP contribution is 2.42. The number of benzene rings is 2. The Labute approximate surface area is 175 Å². The lowest BCUT2D eigenvalue weighted by molar-refractivity contribution is -0.132. The van der Waals surface area contributed by atoms with Crippen LogP contribution in [0, 0.1) is 24.4 Å². The number of nitrogens with zero attached hydrogens (tertiary/aromatic N) is 2. The molecule has 1 aliphatic rings. The van der Waals surface area contributed by atoms with Crippen molar-refractivity contribution in [2.24, 2.45) is 0 Å². The van der Waals surface area contributed by atoms with E-state index in [1.807, 2.05) is 0 Å². The molecule has 1 saturated heterocycles. The Morgan fingerprint density at radius 3 is 2.39 bits per heavy atom. The number of rotatable bonds is 3. The Bertz CT molecular complexity index is 1240. The van der Waals surface area contributed by atoms with Crippen LogP contribution in [0.5, 0.6) is 0 Å². The predicted octanol–water partition coefficient (Wildman–Crippen LogP) is 4.43. The molecule has 8 heteroatoms. The summed E-state index contributed by atoms with van der Waals surface area (Å²) in [5.41, 5.74) is 0.401. The summed E-state index contributed by atoms with van der Waals surface area (Å²) in [6.07, 6.45) is 2.88. The summed E-state index contributed by atoms with van der Waals surface area (Å²) in [5, 5.41) is 10.9. The van der Waals surface area contributed by atoms with E-state index in [1.54, 1.807) is 12.1 Å². The standard InChI is InChI=1S/C23H15F3N2O3/c1-12-9-13(4-6-16(12)24)21(29)19-20(14-3-2-8-27-11-14)28(23(31)22(19)30)15-5-7-17(25)18(26)10-15/h2-11,20,29H,1H3/b21-19+. The lowest BCUT2D eigenvalue weighted by atomic mass is 9.95. The van der Waals surface area contributed by atoms with E-state index in [0.29, 0.717) is 5.56 Å². The van der Waals surface area contributed by atoms with Gasteiger partial charge in [0.25, 0.3) is 11.7 Å². The molecule has 1 aromatic heterocycles. The molecule has 0 spiro atoms. The number of pyridine rings is 1. The van der Waals surface area contributed by atoms with Gasteiger partial charge in [-0.3, -0.25) is 19.5 Å². The number of ketones is 1. The number of aryl methyl sites for hydroxylation is 1. The van der Waals surface area contributed by atoms with Crippen molar-refractivity contribution in [1.29, 1.82) is 0 Å². The summed E-state index contributed by atoms with van der Waals surface area (Å²) >= 11 is 0. The van der Waals surface area contributed by atoms with E-state index < -0.39 is 40.9 Å². The van der Waals surface area contributed by atoms with Crippen LogP contribution in [0.15, 0.2) is 66.5 Å². The Balaban J connectivity index is 1.95. The topological polar surface area (TPSA) is 70.5 Å². The van der Waals surface area contributed by atoms with Gasteiger partial charge in [-0.1, -0.05) is 6.07 Å². The van der Waals surface area contributed by atoms with Crippen LogP contribution >= 0.6 is 0 Å². The summed E-state index contributed by atoms with van der Waals surface area (Å²) in [6.45, 7) is 1.49. The number of carbonyl (C=O) groups is 2. The second kappa shape index (κ2) is 7.71. The van der Waals surface area contributed by atoms with Crippen molar-refractivity contribution in [2.75, 3.05) is 4.90 Å². The van der Waals surface area contributed by atoms with E-state index in [4.69, 9.17) is 0 Å². The first-order valence-corrected chi connectivity index (χ1v) is 9.22. The van der Waals surface area contributed by atoms with Gasteiger partial charge in [0.2, 0.25) is 0 Å². The summed E-state index contributed by atoms with van der Waals surface area (Å²) in [6, 6.07) is 8.56. The van der Waals surface area contributed by atoms with Gasteiger partial charge in [-0.05, 0) is 54.4 Å². The first kappa shape index (κ1) is 20.3. The van der Waals surface area contributed by atoms with E-state index >= 15 is 0 Å². The lowest BCUT2D eigenvalue weighted by Gasteiger charge is -2.25. The molecule has 2 aromatic carbocycles. The fraction of sp³-hybridized carbons (Fsp3) is 0.0870. The zero-order valence-electron chi connectivity index (χ0n) is 16.1. The number of hydrogen-bond acceptors (Lipinski definition) is 4. The van der Waals surface area contributed by atoms with Crippen LogP contribution in [0.4, 0.5) is 18.9 Å². The fourth-order valence-corrected chi connectivity index (χ4v) is 3.53. The maximum atomic E-state index is 13.9. The van der Waals surface area contributed by atoms with Crippen molar-refractivity contribution < 1.29 is 27.9 Å². The molecule has 1 fully saturated rings. The third-order valence-electron chi connectivity index (χ3n) is 5.06. The van der Waals surface area contributed by atoms with Crippen molar-refractivity contribution in [3.63, 3.8) is 0 Å². The predicted molar refractivity (Wildman–Crippen MR) is 107 cm³/mol. The third-order valence-corrected chi connectivity index (χ3v) is 5.06. The second-order valence-corrected chi connectivity index (χ2v) is 7.02. The van der Waals surface area contributed by atoms with Gasteiger partial charge < -0.3 is 5.11 Å². The number of Topliss-reactive ketones (excluding diaryl/α,β-unsaturated/α-hetero) is 1. The highest BCUT2D eigenvalue weighted by atomic mass is 19.2. The lowest BCUT2D eigenvalue weighted by Crippen LogP contribution is -2.29. The van der Waals surface area contributed by atoms with Crippen LogP contribution in [0.2, 0.25) is 0 Å². The highest BCUT2D eigenvalue weighted by Gasteiger charge is 2.47. The van der Waals surface area contributed by atoms with Gasteiger partial charge in [0, 0.05) is 29.7 Å². The third kappa shape index (κ3) is 3.46. The van der Waals surface area contributed by atoms with Gasteiger partial charge in [0.05, 0.1) is 11.6 Å². The van der Waals surface area contributed by atoms with Gasteiger partial charge in [-0.15, -0.1) is 0 Å². The van der Waals surface area contributed by atoms with Gasteiger partial charge in [-0.25, -0.2) is 13.2 Å². The molecule has 2 heterocycles. The highest BCUT2D eigenvalue weighted by molar-refractivity contribution is 6.51. The molecule has 0 saturated carbocycles. The molecule has 0 aliphatic carbocycles. The summed E-state index contributed by atoms with van der Waals surface area (Å²) in [7, 11) is 0. The molecular weight excluding hydrogens is 409 g/mol. The number of halogens is 3. The Hall–Kier alpha value is -3.94. The van der Waals surface area contributed by atoms with Crippen molar-refractivity contribution in [2.45, 2.75) is 13.0 Å². The quantitative estimate of drug-likeness (QED) is 0.384. The maximum absolute atomic E-state index is 13.9. The van der Waals surface area contributed by atoms with Crippen LogP contribution in [0.25, 0.3) is 5.76 Å². The van der Waals surface area contributed by atoms with E-state index in [2.05, 4.69) is 4.98 Å². The first-order chi connectivity index (χ1) is 14.8. The summed E-state index contributed by atoms with van der Waals surface area (Å²) < 4.78 is 41.0.